The van der Waals surface area contributed by atoms with Gasteiger partial charge in [0.1, 0.15) is 0 Å². The molecule has 0 spiro atoms. The summed E-state index contributed by atoms with van der Waals surface area (Å²) in [4.78, 5) is 0. The maximum Gasteiger partial charge on any atom is 0.0614 e. The summed E-state index contributed by atoms with van der Waals surface area (Å²) in [7, 11) is 0. The van der Waals surface area contributed by atoms with E-state index in [4.69, 9.17) is 33.7 Å². The monoisotopic (exact) mass is 260 g/mol. The van der Waals surface area contributed by atoms with E-state index >= 15 is 0 Å². The van der Waals surface area contributed by atoms with E-state index in [0.717, 1.165) is 31.7 Å². The van der Waals surface area contributed by atoms with Gasteiger partial charge in [0, 0.05) is 19.3 Å². The Labute approximate surface area is 105 Å². The molecule has 1 heterocycles. The second-order valence-electron chi connectivity index (χ2n) is 3.88. The van der Waals surface area contributed by atoms with Gasteiger partial charge in [-0.1, -0.05) is 23.2 Å². The zero-order chi connectivity index (χ0) is 11.5. The average Bonchev–Trinajstić information content (AvgIpc) is 2.27. The van der Waals surface area contributed by atoms with Crippen LogP contribution in [-0.4, -0.2) is 19.3 Å². The Bertz CT molecular complexity index is 378. The number of ether oxygens (including phenoxy) is 1. The lowest BCUT2D eigenvalue weighted by Crippen LogP contribution is -2.28. The van der Waals surface area contributed by atoms with Gasteiger partial charge in [0.05, 0.1) is 21.4 Å². The van der Waals surface area contributed by atoms with Crippen LogP contribution in [0.15, 0.2) is 12.1 Å². The Morgan fingerprint density at radius 2 is 1.81 bits per heavy atom. The summed E-state index contributed by atoms with van der Waals surface area (Å²) >= 11 is 11.8. The third-order valence-corrected chi connectivity index (χ3v) is 3.40. The minimum Gasteiger partial charge on any atom is -0.397 e. The molecule has 1 aromatic rings. The zero-order valence-corrected chi connectivity index (χ0v) is 10.3. The molecule has 16 heavy (non-hydrogen) atoms. The molecule has 0 saturated carbocycles. The van der Waals surface area contributed by atoms with Crippen molar-refractivity contribution in [3.05, 3.63) is 22.2 Å². The molecule has 0 unspecified atom stereocenters. The van der Waals surface area contributed by atoms with Crippen LogP contribution in [0.5, 0.6) is 0 Å². The van der Waals surface area contributed by atoms with Gasteiger partial charge < -0.3 is 15.8 Å². The molecule has 1 aliphatic heterocycles. The van der Waals surface area contributed by atoms with Crippen LogP contribution < -0.4 is 11.1 Å². The zero-order valence-electron chi connectivity index (χ0n) is 8.80. The molecule has 3 N–H and O–H groups in total. The molecular formula is C11H14Cl2N2O. The fourth-order valence-electron chi connectivity index (χ4n) is 1.75. The number of anilines is 2. The summed E-state index contributed by atoms with van der Waals surface area (Å²) in [6.07, 6.45) is 1.97. The molecule has 5 heteroatoms. The average molecular weight is 261 g/mol. The topological polar surface area (TPSA) is 47.3 Å². The van der Waals surface area contributed by atoms with Crippen molar-refractivity contribution in [3.63, 3.8) is 0 Å². The minimum atomic E-state index is 0.397. The van der Waals surface area contributed by atoms with Gasteiger partial charge in [-0.15, -0.1) is 0 Å². The molecule has 1 fully saturated rings. The fourth-order valence-corrected chi connectivity index (χ4v) is 2.08. The highest BCUT2D eigenvalue weighted by Crippen LogP contribution is 2.31. The second kappa shape index (κ2) is 5.13. The van der Waals surface area contributed by atoms with Gasteiger partial charge in [-0.3, -0.25) is 0 Å². The van der Waals surface area contributed by atoms with Gasteiger partial charge in [0.2, 0.25) is 0 Å². The summed E-state index contributed by atoms with van der Waals surface area (Å²) in [5.41, 5.74) is 7.34. The van der Waals surface area contributed by atoms with Crippen LogP contribution in [-0.2, 0) is 4.74 Å². The van der Waals surface area contributed by atoms with Crippen LogP contribution in [0.25, 0.3) is 0 Å². The number of nitrogens with two attached hydrogens (primary N) is 1. The van der Waals surface area contributed by atoms with Crippen molar-refractivity contribution in [2.45, 2.75) is 18.9 Å². The first-order valence-electron chi connectivity index (χ1n) is 5.25. The van der Waals surface area contributed by atoms with Crippen LogP contribution in [0.3, 0.4) is 0 Å². The van der Waals surface area contributed by atoms with Crippen molar-refractivity contribution in [1.82, 2.24) is 0 Å². The van der Waals surface area contributed by atoms with Crippen molar-refractivity contribution in [3.8, 4) is 0 Å². The molecule has 0 amide bonds. The Kier molecular flexibility index (Phi) is 3.79. The van der Waals surface area contributed by atoms with Crippen LogP contribution >= 0.6 is 23.2 Å². The lowest BCUT2D eigenvalue weighted by molar-refractivity contribution is 0.0904. The van der Waals surface area contributed by atoms with Gasteiger partial charge in [0.15, 0.2) is 0 Å². The van der Waals surface area contributed by atoms with Crippen LogP contribution in [0.2, 0.25) is 10.0 Å². The molecule has 0 aromatic heterocycles. The SMILES string of the molecule is Nc1cc(Cl)c(Cl)cc1NC1CCOCC1. The Morgan fingerprint density at radius 3 is 2.50 bits per heavy atom. The van der Waals surface area contributed by atoms with E-state index in [9.17, 15) is 0 Å². The van der Waals surface area contributed by atoms with E-state index < -0.39 is 0 Å². The fraction of sp³-hybridized carbons (Fsp3) is 0.455. The highest BCUT2D eigenvalue weighted by Gasteiger charge is 2.15. The molecule has 0 radical (unpaired) electrons. The van der Waals surface area contributed by atoms with E-state index in [-0.39, 0.29) is 0 Å². The smallest absolute Gasteiger partial charge is 0.0614 e. The Balaban J connectivity index is 2.11. The van der Waals surface area contributed by atoms with Crippen molar-refractivity contribution in [1.29, 1.82) is 0 Å². The van der Waals surface area contributed by atoms with Gasteiger partial charge in [-0.05, 0) is 25.0 Å². The molecule has 1 aromatic carbocycles. The van der Waals surface area contributed by atoms with Crippen LogP contribution in [0.4, 0.5) is 11.4 Å². The molecule has 0 atom stereocenters. The first kappa shape index (κ1) is 11.8. The first-order chi connectivity index (χ1) is 7.66. The standard InChI is InChI=1S/C11H14Cl2N2O/c12-8-5-10(14)11(6-9(8)13)15-7-1-3-16-4-2-7/h5-7,15H,1-4,14H2. The predicted molar refractivity (Wildman–Crippen MR) is 68.3 cm³/mol. The lowest BCUT2D eigenvalue weighted by atomic mass is 10.1. The van der Waals surface area contributed by atoms with E-state index in [0.29, 0.717) is 21.8 Å². The Hall–Kier alpha value is -0.640. The summed E-state index contributed by atoms with van der Waals surface area (Å²) < 4.78 is 5.29. The van der Waals surface area contributed by atoms with E-state index in [1.165, 1.54) is 0 Å². The largest absolute Gasteiger partial charge is 0.397 e. The molecule has 1 saturated heterocycles. The highest BCUT2D eigenvalue weighted by molar-refractivity contribution is 6.42. The maximum absolute atomic E-state index is 5.95. The van der Waals surface area contributed by atoms with E-state index in [2.05, 4.69) is 5.32 Å². The molecule has 0 aliphatic carbocycles. The van der Waals surface area contributed by atoms with E-state index in [1.54, 1.807) is 12.1 Å². The van der Waals surface area contributed by atoms with E-state index in [1.807, 2.05) is 0 Å². The number of halogens is 2. The van der Waals surface area contributed by atoms with Gasteiger partial charge in [-0.25, -0.2) is 0 Å². The summed E-state index contributed by atoms with van der Waals surface area (Å²) in [6.45, 7) is 1.58. The quantitative estimate of drug-likeness (QED) is 0.804. The van der Waals surface area contributed by atoms with Gasteiger partial charge in [0.25, 0.3) is 0 Å². The van der Waals surface area contributed by atoms with Gasteiger partial charge >= 0.3 is 0 Å². The lowest BCUT2D eigenvalue weighted by Gasteiger charge is -2.25. The van der Waals surface area contributed by atoms with Crippen molar-refractivity contribution >= 4 is 34.6 Å². The van der Waals surface area contributed by atoms with Crippen LogP contribution in [0, 0.1) is 0 Å². The molecule has 3 nitrogen and oxygen atoms in total. The normalized spacial score (nSPS) is 17.4. The maximum atomic E-state index is 5.95. The number of nitrogen functional groups attached to an aromatic ring is 1. The second-order valence-corrected chi connectivity index (χ2v) is 4.70. The number of rotatable bonds is 2. The third kappa shape index (κ3) is 2.73. The molecule has 1 aliphatic rings. The van der Waals surface area contributed by atoms with Crippen molar-refractivity contribution in [2.75, 3.05) is 24.3 Å². The summed E-state index contributed by atoms with van der Waals surface area (Å²) in [5, 5.41) is 4.37. The first-order valence-corrected chi connectivity index (χ1v) is 6.01. The predicted octanol–water partition coefficient (Wildman–Crippen LogP) is 3.17. The number of hydrogen-bond donors (Lipinski definition) is 2. The molecular weight excluding hydrogens is 247 g/mol. The summed E-state index contributed by atoms with van der Waals surface area (Å²) in [6, 6.07) is 3.84. The summed E-state index contributed by atoms with van der Waals surface area (Å²) in [5.74, 6) is 0. The van der Waals surface area contributed by atoms with Gasteiger partial charge in [-0.2, -0.15) is 0 Å². The number of nitrogens with one attached hydrogen (secondary N) is 1. The minimum absolute atomic E-state index is 0.397. The van der Waals surface area contributed by atoms with Crippen molar-refractivity contribution < 1.29 is 4.74 Å². The third-order valence-electron chi connectivity index (χ3n) is 2.67. The van der Waals surface area contributed by atoms with Crippen molar-refractivity contribution in [2.24, 2.45) is 0 Å². The molecule has 0 bridgehead atoms. The van der Waals surface area contributed by atoms with Crippen LogP contribution in [0.1, 0.15) is 12.8 Å². The number of benzene rings is 1. The molecule has 2 rings (SSSR count). The molecule has 88 valence electrons. The Morgan fingerprint density at radius 1 is 1.19 bits per heavy atom. The number of hydrogen-bond acceptors (Lipinski definition) is 3. The highest BCUT2D eigenvalue weighted by atomic mass is 35.5.